The summed E-state index contributed by atoms with van der Waals surface area (Å²) in [4.78, 5) is 13.3. The van der Waals surface area contributed by atoms with Crippen LogP contribution >= 0.6 is 11.3 Å². The molecule has 0 atom stereocenters. The van der Waals surface area contributed by atoms with Crippen LogP contribution in [0.1, 0.15) is 55.9 Å². The Balaban J connectivity index is 3.18. The highest BCUT2D eigenvalue weighted by atomic mass is 32.1. The number of carboxylic acid groups (broad SMARTS) is 1. The van der Waals surface area contributed by atoms with Crippen LogP contribution in [0.25, 0.3) is 0 Å². The summed E-state index contributed by atoms with van der Waals surface area (Å²) in [6.45, 7) is 10.7. The number of hydrogen-bond acceptors (Lipinski definition) is 2. The third-order valence-corrected chi connectivity index (χ3v) is 4.32. The van der Waals surface area contributed by atoms with Crippen LogP contribution in [0.5, 0.6) is 0 Å². The Morgan fingerprint density at radius 3 is 2.38 bits per heavy atom. The van der Waals surface area contributed by atoms with Gasteiger partial charge in [0.25, 0.3) is 0 Å². The van der Waals surface area contributed by atoms with E-state index in [2.05, 4.69) is 40.7 Å². The average molecular weight is 240 g/mol. The highest BCUT2D eigenvalue weighted by molar-refractivity contribution is 7.12. The Morgan fingerprint density at radius 2 is 2.00 bits per heavy atom. The van der Waals surface area contributed by atoms with E-state index in [1.165, 1.54) is 9.75 Å². The second-order valence-corrected chi connectivity index (χ2v) is 6.56. The lowest BCUT2D eigenvalue weighted by molar-refractivity contribution is -0.136. The first-order valence-corrected chi connectivity index (χ1v) is 6.38. The first-order valence-electron chi connectivity index (χ1n) is 5.56. The minimum absolute atomic E-state index is 0.0303. The Bertz CT molecular complexity index is 383. The fraction of sp³-hybridized carbons (Fsp3) is 0.615. The third-order valence-electron chi connectivity index (χ3n) is 2.42. The summed E-state index contributed by atoms with van der Waals surface area (Å²) in [5.74, 6) is -0.285. The van der Waals surface area contributed by atoms with Crippen molar-refractivity contribution < 1.29 is 9.90 Å². The van der Waals surface area contributed by atoms with Crippen LogP contribution in [-0.2, 0) is 16.6 Å². The lowest BCUT2D eigenvalue weighted by atomic mass is 9.90. The van der Waals surface area contributed by atoms with Crippen molar-refractivity contribution in [1.29, 1.82) is 0 Å². The number of hydrogen-bond donors (Lipinski definition) is 1. The van der Waals surface area contributed by atoms with Gasteiger partial charge in [-0.3, -0.25) is 4.79 Å². The van der Waals surface area contributed by atoms with Crippen LogP contribution in [0.3, 0.4) is 0 Å². The molecule has 1 aromatic heterocycles. The lowest BCUT2D eigenvalue weighted by Crippen LogP contribution is -2.13. The average Bonchev–Trinajstić information content (AvgIpc) is 2.45. The van der Waals surface area contributed by atoms with Gasteiger partial charge >= 0.3 is 5.97 Å². The lowest BCUT2D eigenvalue weighted by Gasteiger charge is -2.18. The molecule has 0 saturated heterocycles. The van der Waals surface area contributed by atoms with Gasteiger partial charge in [0, 0.05) is 9.75 Å². The number of aliphatic carboxylic acids is 1. The maximum Gasteiger partial charge on any atom is 0.307 e. The van der Waals surface area contributed by atoms with Gasteiger partial charge in [0.05, 0.1) is 6.42 Å². The molecule has 0 aliphatic rings. The van der Waals surface area contributed by atoms with Crippen LogP contribution in [-0.4, -0.2) is 11.1 Å². The van der Waals surface area contributed by atoms with Gasteiger partial charge in [-0.15, -0.1) is 11.3 Å². The molecule has 1 rings (SSSR count). The molecule has 2 nitrogen and oxygen atoms in total. The van der Waals surface area contributed by atoms with Crippen molar-refractivity contribution in [1.82, 2.24) is 0 Å². The largest absolute Gasteiger partial charge is 0.481 e. The zero-order valence-electron chi connectivity index (χ0n) is 10.6. The van der Waals surface area contributed by atoms with E-state index in [0.717, 1.165) is 5.56 Å². The first kappa shape index (κ1) is 13.2. The summed E-state index contributed by atoms with van der Waals surface area (Å²) in [5.41, 5.74) is 1.01. The molecule has 0 radical (unpaired) electrons. The normalized spacial score (nSPS) is 12.1. The minimum atomic E-state index is -0.751. The number of thiophene rings is 1. The van der Waals surface area contributed by atoms with Crippen LogP contribution < -0.4 is 0 Å². The zero-order chi connectivity index (χ0) is 12.5. The zero-order valence-corrected chi connectivity index (χ0v) is 11.4. The third kappa shape index (κ3) is 3.08. The molecule has 1 heterocycles. The molecule has 1 N–H and O–H groups in total. The Hall–Kier alpha value is -0.830. The maximum absolute atomic E-state index is 10.8. The Labute approximate surface area is 101 Å². The van der Waals surface area contributed by atoms with Crippen LogP contribution in [0.4, 0.5) is 0 Å². The second kappa shape index (κ2) is 4.58. The van der Waals surface area contributed by atoms with Gasteiger partial charge in [0.15, 0.2) is 0 Å². The highest BCUT2D eigenvalue weighted by Crippen LogP contribution is 2.36. The van der Waals surface area contributed by atoms with Gasteiger partial charge in [-0.05, 0) is 23.0 Å². The predicted octanol–water partition coefficient (Wildman–Crippen LogP) is 3.80. The van der Waals surface area contributed by atoms with Crippen molar-refractivity contribution in [2.75, 3.05) is 0 Å². The van der Waals surface area contributed by atoms with E-state index >= 15 is 0 Å². The van der Waals surface area contributed by atoms with E-state index < -0.39 is 5.97 Å². The van der Waals surface area contributed by atoms with E-state index in [-0.39, 0.29) is 11.8 Å². The SMILES string of the molecule is CC(C)c1cc(CC(=O)O)c(C(C)(C)C)s1. The number of carboxylic acids is 1. The molecular formula is C13H20O2S. The molecule has 1 aromatic rings. The van der Waals surface area contributed by atoms with Crippen LogP contribution in [0.2, 0.25) is 0 Å². The fourth-order valence-electron chi connectivity index (χ4n) is 1.66. The molecular weight excluding hydrogens is 220 g/mol. The standard InChI is InChI=1S/C13H20O2S/c1-8(2)10-6-9(7-11(14)15)12(16-10)13(3,4)5/h6,8H,7H2,1-5H3,(H,14,15). The molecule has 0 fully saturated rings. The van der Waals surface area contributed by atoms with Crippen molar-refractivity contribution in [2.45, 2.75) is 52.4 Å². The molecule has 0 saturated carbocycles. The summed E-state index contributed by atoms with van der Waals surface area (Å²) in [7, 11) is 0. The summed E-state index contributed by atoms with van der Waals surface area (Å²) >= 11 is 1.75. The maximum atomic E-state index is 10.8. The molecule has 90 valence electrons. The van der Waals surface area contributed by atoms with Gasteiger partial charge in [-0.25, -0.2) is 0 Å². The van der Waals surface area contributed by atoms with Gasteiger partial charge in [0.2, 0.25) is 0 Å². The van der Waals surface area contributed by atoms with Gasteiger partial charge in [0.1, 0.15) is 0 Å². The van der Waals surface area contributed by atoms with Crippen molar-refractivity contribution in [3.05, 3.63) is 21.4 Å². The summed E-state index contributed by atoms with van der Waals surface area (Å²) in [5, 5.41) is 8.91. The molecule has 0 bridgehead atoms. The number of rotatable bonds is 3. The van der Waals surface area contributed by atoms with Crippen LogP contribution in [0.15, 0.2) is 6.07 Å². The summed E-state index contributed by atoms with van der Waals surface area (Å²) < 4.78 is 0. The van der Waals surface area contributed by atoms with E-state index in [1.54, 1.807) is 11.3 Å². The predicted molar refractivity (Wildman–Crippen MR) is 68.4 cm³/mol. The van der Waals surface area contributed by atoms with Crippen molar-refractivity contribution in [2.24, 2.45) is 0 Å². The van der Waals surface area contributed by atoms with Gasteiger partial charge in [-0.2, -0.15) is 0 Å². The molecule has 0 amide bonds. The quantitative estimate of drug-likeness (QED) is 0.872. The van der Waals surface area contributed by atoms with Crippen LogP contribution in [0, 0.1) is 0 Å². The highest BCUT2D eigenvalue weighted by Gasteiger charge is 2.23. The molecule has 0 aliphatic carbocycles. The van der Waals surface area contributed by atoms with Gasteiger partial charge < -0.3 is 5.11 Å². The van der Waals surface area contributed by atoms with E-state index in [1.807, 2.05) is 0 Å². The monoisotopic (exact) mass is 240 g/mol. The smallest absolute Gasteiger partial charge is 0.307 e. The minimum Gasteiger partial charge on any atom is -0.481 e. The molecule has 0 unspecified atom stereocenters. The van der Waals surface area contributed by atoms with Gasteiger partial charge in [-0.1, -0.05) is 34.6 Å². The topological polar surface area (TPSA) is 37.3 Å². The van der Waals surface area contributed by atoms with Crippen molar-refractivity contribution >= 4 is 17.3 Å². The van der Waals surface area contributed by atoms with E-state index in [0.29, 0.717) is 5.92 Å². The van der Waals surface area contributed by atoms with E-state index in [4.69, 9.17) is 5.11 Å². The Morgan fingerprint density at radius 1 is 1.44 bits per heavy atom. The van der Waals surface area contributed by atoms with Crippen molar-refractivity contribution in [3.63, 3.8) is 0 Å². The number of carbonyl (C=O) groups is 1. The fourth-order valence-corrected chi connectivity index (χ4v) is 2.90. The van der Waals surface area contributed by atoms with E-state index in [9.17, 15) is 4.79 Å². The molecule has 16 heavy (non-hydrogen) atoms. The van der Waals surface area contributed by atoms with Crippen molar-refractivity contribution in [3.8, 4) is 0 Å². The molecule has 3 heteroatoms. The molecule has 0 aromatic carbocycles. The first-order chi connectivity index (χ1) is 7.21. The summed E-state index contributed by atoms with van der Waals surface area (Å²) in [6, 6.07) is 2.06. The molecule has 0 aliphatic heterocycles. The molecule has 0 spiro atoms. The summed E-state index contributed by atoms with van der Waals surface area (Å²) in [6.07, 6.45) is 0.135. The second-order valence-electron chi connectivity index (χ2n) is 5.48. The Kier molecular flexibility index (Phi) is 3.79.